The van der Waals surface area contributed by atoms with Crippen LogP contribution in [-0.2, 0) is 10.0 Å². The Balaban J connectivity index is 2.84. The van der Waals surface area contributed by atoms with Gasteiger partial charge in [-0.15, -0.1) is 0 Å². The summed E-state index contributed by atoms with van der Waals surface area (Å²) in [6.07, 6.45) is 0.780. The second-order valence-electron chi connectivity index (χ2n) is 3.40. The van der Waals surface area contributed by atoms with Crippen LogP contribution in [-0.4, -0.2) is 14.5 Å². The van der Waals surface area contributed by atoms with E-state index >= 15 is 0 Å². The van der Waals surface area contributed by atoms with Crippen molar-refractivity contribution in [3.05, 3.63) is 30.3 Å². The smallest absolute Gasteiger partial charge is 0.207 e. The molecule has 0 heterocycles. The van der Waals surface area contributed by atoms with Gasteiger partial charge in [-0.05, 0) is 18.6 Å². The molecule has 0 aliphatic rings. The van der Waals surface area contributed by atoms with E-state index in [4.69, 9.17) is 5.26 Å². The van der Waals surface area contributed by atoms with Gasteiger partial charge in [0.2, 0.25) is 10.0 Å². The minimum absolute atomic E-state index is 0.183. The number of nitrogens with one attached hydrogen (secondary N) is 1. The lowest BCUT2D eigenvalue weighted by molar-refractivity contribution is 0.543. The molecule has 0 aromatic heterocycles. The first-order valence-electron chi connectivity index (χ1n) is 5.04. The fourth-order valence-corrected chi connectivity index (χ4v) is 2.61. The van der Waals surface area contributed by atoms with Crippen LogP contribution in [0.2, 0.25) is 0 Å². The average Bonchev–Trinajstić information content (AvgIpc) is 2.29. The summed E-state index contributed by atoms with van der Waals surface area (Å²) in [4.78, 5) is 0.228. The van der Waals surface area contributed by atoms with Crippen LogP contribution in [0, 0.1) is 11.3 Å². The molecule has 86 valence electrons. The van der Waals surface area contributed by atoms with E-state index in [9.17, 15) is 8.42 Å². The highest BCUT2D eigenvalue weighted by Crippen LogP contribution is 2.09. The molecular formula is C11H14N2O2S. The third kappa shape index (κ3) is 3.33. The summed E-state index contributed by atoms with van der Waals surface area (Å²) < 4.78 is 26.2. The Morgan fingerprint density at radius 2 is 2.00 bits per heavy atom. The van der Waals surface area contributed by atoms with Gasteiger partial charge in [-0.25, -0.2) is 13.1 Å². The molecule has 0 amide bonds. The first kappa shape index (κ1) is 12.7. The van der Waals surface area contributed by atoms with Crippen molar-refractivity contribution in [3.63, 3.8) is 0 Å². The van der Waals surface area contributed by atoms with E-state index in [1.807, 2.05) is 13.0 Å². The van der Waals surface area contributed by atoms with E-state index in [1.165, 1.54) is 12.1 Å². The van der Waals surface area contributed by atoms with Crippen LogP contribution < -0.4 is 4.72 Å². The number of sulfonamides is 1. The Morgan fingerprint density at radius 3 is 2.50 bits per heavy atom. The lowest BCUT2D eigenvalue weighted by atomic mass is 10.2. The molecule has 1 aromatic carbocycles. The Kier molecular flexibility index (Phi) is 4.47. The van der Waals surface area contributed by atoms with E-state index in [2.05, 4.69) is 4.72 Å². The van der Waals surface area contributed by atoms with Crippen molar-refractivity contribution in [3.8, 4) is 6.07 Å². The van der Waals surface area contributed by atoms with Gasteiger partial charge in [-0.3, -0.25) is 0 Å². The van der Waals surface area contributed by atoms with Gasteiger partial charge in [-0.1, -0.05) is 25.1 Å². The molecule has 4 nitrogen and oxygen atoms in total. The molecule has 0 fully saturated rings. The van der Waals surface area contributed by atoms with E-state index in [0.717, 1.165) is 0 Å². The van der Waals surface area contributed by atoms with E-state index in [0.29, 0.717) is 6.42 Å². The molecule has 0 aliphatic heterocycles. The van der Waals surface area contributed by atoms with Crippen molar-refractivity contribution in [1.29, 1.82) is 5.26 Å². The number of nitrogens with zero attached hydrogens (tertiary/aromatic N) is 1. The normalized spacial score (nSPS) is 13.0. The average molecular weight is 238 g/mol. The highest BCUT2D eigenvalue weighted by Gasteiger charge is 2.18. The quantitative estimate of drug-likeness (QED) is 0.848. The number of rotatable bonds is 5. The van der Waals surface area contributed by atoms with Gasteiger partial charge < -0.3 is 0 Å². The van der Waals surface area contributed by atoms with Gasteiger partial charge in [-0.2, -0.15) is 5.26 Å². The molecule has 0 bridgehead atoms. The number of nitriles is 1. The van der Waals surface area contributed by atoms with Gasteiger partial charge in [0, 0.05) is 6.04 Å². The maximum Gasteiger partial charge on any atom is 0.240 e. The van der Waals surface area contributed by atoms with Crippen LogP contribution in [0.5, 0.6) is 0 Å². The zero-order valence-electron chi connectivity index (χ0n) is 9.05. The van der Waals surface area contributed by atoms with Crippen molar-refractivity contribution in [2.75, 3.05) is 0 Å². The number of hydrogen-bond donors (Lipinski definition) is 1. The van der Waals surface area contributed by atoms with Crippen LogP contribution >= 0.6 is 0 Å². The third-order valence-electron chi connectivity index (χ3n) is 2.21. The predicted molar refractivity (Wildman–Crippen MR) is 61.1 cm³/mol. The molecule has 1 rings (SSSR count). The summed E-state index contributed by atoms with van der Waals surface area (Å²) in [6.45, 7) is 1.84. The standard InChI is InChI=1S/C11H14N2O2S/c1-2-10(8-9-12)13-16(14,15)11-6-4-3-5-7-11/h3-7,10,13H,2,8H2,1H3. The van der Waals surface area contributed by atoms with Crippen LogP contribution in [0.3, 0.4) is 0 Å². The Hall–Kier alpha value is -1.38. The highest BCUT2D eigenvalue weighted by molar-refractivity contribution is 7.89. The van der Waals surface area contributed by atoms with Crippen molar-refractivity contribution in [2.24, 2.45) is 0 Å². The van der Waals surface area contributed by atoms with Gasteiger partial charge in [0.15, 0.2) is 0 Å². The first-order chi connectivity index (χ1) is 7.60. The summed E-state index contributed by atoms with van der Waals surface area (Å²) in [7, 11) is -3.49. The molecule has 1 atom stereocenters. The van der Waals surface area contributed by atoms with E-state index < -0.39 is 10.0 Å². The second kappa shape index (κ2) is 5.64. The van der Waals surface area contributed by atoms with Crippen LogP contribution in [0.15, 0.2) is 35.2 Å². The summed E-state index contributed by atoms with van der Waals surface area (Å²) in [5.74, 6) is 0. The summed E-state index contributed by atoms with van der Waals surface area (Å²) in [5, 5.41) is 8.55. The fourth-order valence-electron chi connectivity index (χ4n) is 1.27. The maximum absolute atomic E-state index is 11.9. The maximum atomic E-state index is 11.9. The minimum atomic E-state index is -3.49. The summed E-state index contributed by atoms with van der Waals surface area (Å²) in [6, 6.07) is 9.79. The summed E-state index contributed by atoms with van der Waals surface area (Å²) in [5.41, 5.74) is 0. The fraction of sp³-hybridized carbons (Fsp3) is 0.364. The topological polar surface area (TPSA) is 70.0 Å². The predicted octanol–water partition coefficient (Wildman–Crippen LogP) is 1.66. The zero-order chi connectivity index (χ0) is 12.0. The zero-order valence-corrected chi connectivity index (χ0v) is 9.87. The lowest BCUT2D eigenvalue weighted by Gasteiger charge is -2.13. The molecule has 0 saturated carbocycles. The van der Waals surface area contributed by atoms with Crippen molar-refractivity contribution < 1.29 is 8.42 Å². The molecule has 0 aliphatic carbocycles. The third-order valence-corrected chi connectivity index (χ3v) is 3.74. The lowest BCUT2D eigenvalue weighted by Crippen LogP contribution is -2.34. The summed E-state index contributed by atoms with van der Waals surface area (Å²) >= 11 is 0. The Labute approximate surface area is 96.0 Å². The molecule has 0 saturated heterocycles. The van der Waals surface area contributed by atoms with Gasteiger partial charge in [0.1, 0.15) is 0 Å². The van der Waals surface area contributed by atoms with E-state index in [-0.39, 0.29) is 17.4 Å². The Bertz CT molecular complexity index is 463. The van der Waals surface area contributed by atoms with Crippen LogP contribution in [0.4, 0.5) is 0 Å². The van der Waals surface area contributed by atoms with Crippen LogP contribution in [0.1, 0.15) is 19.8 Å². The Morgan fingerprint density at radius 1 is 1.38 bits per heavy atom. The monoisotopic (exact) mass is 238 g/mol. The van der Waals surface area contributed by atoms with Crippen molar-refractivity contribution >= 4 is 10.0 Å². The molecule has 1 unspecified atom stereocenters. The molecule has 16 heavy (non-hydrogen) atoms. The molecule has 1 aromatic rings. The molecular weight excluding hydrogens is 224 g/mol. The van der Waals surface area contributed by atoms with Gasteiger partial charge in [0.25, 0.3) is 0 Å². The molecule has 0 spiro atoms. The molecule has 0 radical (unpaired) electrons. The SMILES string of the molecule is CCC(CC#N)NS(=O)(=O)c1ccccc1. The number of hydrogen-bond acceptors (Lipinski definition) is 3. The van der Waals surface area contributed by atoms with Gasteiger partial charge in [0.05, 0.1) is 17.4 Å². The van der Waals surface area contributed by atoms with E-state index in [1.54, 1.807) is 18.2 Å². The minimum Gasteiger partial charge on any atom is -0.207 e. The first-order valence-corrected chi connectivity index (χ1v) is 6.52. The number of benzene rings is 1. The highest BCUT2D eigenvalue weighted by atomic mass is 32.2. The van der Waals surface area contributed by atoms with Crippen molar-refractivity contribution in [1.82, 2.24) is 4.72 Å². The largest absolute Gasteiger partial charge is 0.240 e. The second-order valence-corrected chi connectivity index (χ2v) is 5.12. The van der Waals surface area contributed by atoms with Crippen molar-refractivity contribution in [2.45, 2.75) is 30.7 Å². The van der Waals surface area contributed by atoms with Crippen LogP contribution in [0.25, 0.3) is 0 Å². The van der Waals surface area contributed by atoms with Gasteiger partial charge >= 0.3 is 0 Å². The molecule has 1 N–H and O–H groups in total. The molecule has 5 heteroatoms.